The predicted molar refractivity (Wildman–Crippen MR) is 110 cm³/mol. The van der Waals surface area contributed by atoms with Gasteiger partial charge in [-0.3, -0.25) is 9.59 Å². The van der Waals surface area contributed by atoms with Crippen LogP contribution in [0.1, 0.15) is 38.2 Å². The van der Waals surface area contributed by atoms with Crippen molar-refractivity contribution in [2.24, 2.45) is 11.3 Å². The molecule has 7 nitrogen and oxygen atoms in total. The zero-order valence-corrected chi connectivity index (χ0v) is 17.6. The summed E-state index contributed by atoms with van der Waals surface area (Å²) in [6.07, 6.45) is 0.275. The van der Waals surface area contributed by atoms with Gasteiger partial charge < -0.3 is 20.2 Å². The number of carbonyl (C=O) groups excluding carboxylic acids is 2. The highest BCUT2D eigenvalue weighted by Gasteiger charge is 2.46. The molecule has 1 aromatic rings. The molecule has 158 valence electrons. The molecule has 1 aromatic carbocycles. The summed E-state index contributed by atoms with van der Waals surface area (Å²) in [5, 5.41) is 12.2. The van der Waals surface area contributed by atoms with E-state index in [-0.39, 0.29) is 30.2 Å². The Labute approximate surface area is 176 Å². The molecule has 0 unspecified atom stereocenters. The molecule has 0 radical (unpaired) electrons. The molecule has 2 saturated heterocycles. The van der Waals surface area contributed by atoms with E-state index in [0.29, 0.717) is 44.0 Å². The fraction of sp³-hybridized carbons (Fsp3) is 0.571. The Morgan fingerprint density at radius 2 is 1.79 bits per heavy atom. The normalized spacial score (nSPS) is 25.1. The van der Waals surface area contributed by atoms with Crippen molar-refractivity contribution < 1.29 is 19.5 Å². The molecule has 0 aromatic heterocycles. The number of likely N-dealkylation sites (tertiary alicyclic amines) is 2. The Balaban J connectivity index is 1.75. The number of halogens is 1. The van der Waals surface area contributed by atoms with Crippen molar-refractivity contribution in [3.63, 3.8) is 0 Å². The summed E-state index contributed by atoms with van der Waals surface area (Å²) in [5.74, 6) is 0.0672. The Morgan fingerprint density at radius 3 is 2.34 bits per heavy atom. The standard InChI is InChI=1S/C21H28ClN3O4/c1-14(26)24-9-7-16(8-10-24)19(27)25-11-18(15-3-5-17(22)6-4-15)21(2,13-25)12-23-20(28)29/h3-6,16,18,23H,7-13H2,1-2H3,(H,28,29)/t18-,21+/m0/s1. The molecule has 0 saturated carbocycles. The Bertz CT molecular complexity index is 777. The molecule has 2 fully saturated rings. The molecule has 29 heavy (non-hydrogen) atoms. The lowest BCUT2D eigenvalue weighted by molar-refractivity contribution is -0.139. The van der Waals surface area contributed by atoms with Gasteiger partial charge in [-0.1, -0.05) is 30.7 Å². The van der Waals surface area contributed by atoms with Gasteiger partial charge in [0.25, 0.3) is 0 Å². The first-order valence-corrected chi connectivity index (χ1v) is 10.3. The van der Waals surface area contributed by atoms with Gasteiger partial charge in [-0.2, -0.15) is 0 Å². The highest BCUT2D eigenvalue weighted by atomic mass is 35.5. The maximum atomic E-state index is 13.2. The van der Waals surface area contributed by atoms with Crippen LogP contribution in [0, 0.1) is 11.3 Å². The van der Waals surface area contributed by atoms with E-state index in [9.17, 15) is 14.4 Å². The largest absolute Gasteiger partial charge is 0.465 e. The maximum absolute atomic E-state index is 13.2. The lowest BCUT2D eigenvalue weighted by atomic mass is 9.76. The average molecular weight is 422 g/mol. The lowest BCUT2D eigenvalue weighted by Gasteiger charge is -2.33. The van der Waals surface area contributed by atoms with Gasteiger partial charge in [-0.15, -0.1) is 0 Å². The van der Waals surface area contributed by atoms with E-state index < -0.39 is 11.5 Å². The smallest absolute Gasteiger partial charge is 0.404 e. The number of nitrogens with zero attached hydrogens (tertiary/aromatic N) is 2. The minimum atomic E-state index is -1.07. The third kappa shape index (κ3) is 4.83. The maximum Gasteiger partial charge on any atom is 0.404 e. The second-order valence-electron chi connectivity index (χ2n) is 8.42. The Hall–Kier alpha value is -2.28. The number of rotatable bonds is 4. The van der Waals surface area contributed by atoms with Crippen LogP contribution in [-0.4, -0.2) is 65.5 Å². The molecule has 2 atom stereocenters. The fourth-order valence-electron chi connectivity index (χ4n) is 4.58. The van der Waals surface area contributed by atoms with Gasteiger partial charge in [0.1, 0.15) is 0 Å². The number of nitrogens with one attached hydrogen (secondary N) is 1. The van der Waals surface area contributed by atoms with E-state index in [4.69, 9.17) is 16.7 Å². The van der Waals surface area contributed by atoms with Gasteiger partial charge in [-0.05, 0) is 30.5 Å². The number of piperidine rings is 1. The summed E-state index contributed by atoms with van der Waals surface area (Å²) in [6.45, 7) is 6.10. The van der Waals surface area contributed by atoms with E-state index in [1.807, 2.05) is 36.1 Å². The van der Waals surface area contributed by atoms with Crippen molar-refractivity contribution >= 4 is 29.5 Å². The molecule has 2 heterocycles. The summed E-state index contributed by atoms with van der Waals surface area (Å²) in [5.41, 5.74) is 0.632. The van der Waals surface area contributed by atoms with Gasteiger partial charge in [0.15, 0.2) is 0 Å². The van der Waals surface area contributed by atoms with Gasteiger partial charge in [0.05, 0.1) is 0 Å². The van der Waals surface area contributed by atoms with E-state index in [2.05, 4.69) is 5.32 Å². The van der Waals surface area contributed by atoms with Crippen molar-refractivity contribution in [3.05, 3.63) is 34.9 Å². The number of benzene rings is 1. The summed E-state index contributed by atoms with van der Waals surface area (Å²) in [7, 11) is 0. The van der Waals surface area contributed by atoms with Crippen molar-refractivity contribution in [2.45, 2.75) is 32.6 Å². The Morgan fingerprint density at radius 1 is 1.17 bits per heavy atom. The average Bonchev–Trinajstić information content (AvgIpc) is 3.04. The molecule has 0 spiro atoms. The van der Waals surface area contributed by atoms with Gasteiger partial charge in [-0.25, -0.2) is 4.79 Å². The van der Waals surface area contributed by atoms with Crippen LogP contribution in [0.25, 0.3) is 0 Å². The Kier molecular flexibility index (Phi) is 6.36. The minimum Gasteiger partial charge on any atom is -0.465 e. The topological polar surface area (TPSA) is 90.0 Å². The summed E-state index contributed by atoms with van der Waals surface area (Å²) >= 11 is 6.02. The first-order chi connectivity index (χ1) is 13.7. The third-order valence-electron chi connectivity index (χ3n) is 6.31. The first-order valence-electron chi connectivity index (χ1n) is 9.96. The first kappa shape index (κ1) is 21.4. The molecule has 2 aliphatic rings. The third-order valence-corrected chi connectivity index (χ3v) is 6.57. The number of hydrogen-bond acceptors (Lipinski definition) is 3. The van der Waals surface area contributed by atoms with E-state index >= 15 is 0 Å². The fourth-order valence-corrected chi connectivity index (χ4v) is 4.70. The predicted octanol–water partition coefficient (Wildman–Crippen LogP) is 2.80. The second kappa shape index (κ2) is 8.61. The van der Waals surface area contributed by atoms with Crippen molar-refractivity contribution in [2.75, 3.05) is 32.7 Å². The van der Waals surface area contributed by atoms with E-state index in [1.165, 1.54) is 0 Å². The van der Waals surface area contributed by atoms with Crippen molar-refractivity contribution in [1.29, 1.82) is 0 Å². The van der Waals surface area contributed by atoms with E-state index in [0.717, 1.165) is 5.56 Å². The minimum absolute atomic E-state index is 0.00729. The molecular formula is C21H28ClN3O4. The number of carbonyl (C=O) groups is 3. The summed E-state index contributed by atoms with van der Waals surface area (Å²) < 4.78 is 0. The van der Waals surface area contributed by atoms with Crippen LogP contribution in [0.2, 0.25) is 5.02 Å². The summed E-state index contributed by atoms with van der Waals surface area (Å²) in [4.78, 5) is 39.5. The zero-order chi connectivity index (χ0) is 21.2. The van der Waals surface area contributed by atoms with Crippen LogP contribution in [0.5, 0.6) is 0 Å². The monoisotopic (exact) mass is 421 g/mol. The van der Waals surface area contributed by atoms with Crippen LogP contribution >= 0.6 is 11.6 Å². The highest BCUT2D eigenvalue weighted by Crippen LogP contribution is 2.43. The molecule has 0 bridgehead atoms. The molecule has 2 aliphatic heterocycles. The van der Waals surface area contributed by atoms with E-state index in [1.54, 1.807) is 11.8 Å². The van der Waals surface area contributed by atoms with Crippen LogP contribution in [-0.2, 0) is 9.59 Å². The van der Waals surface area contributed by atoms with Crippen molar-refractivity contribution in [3.8, 4) is 0 Å². The highest BCUT2D eigenvalue weighted by molar-refractivity contribution is 6.30. The summed E-state index contributed by atoms with van der Waals surface area (Å²) in [6, 6.07) is 7.55. The quantitative estimate of drug-likeness (QED) is 0.782. The van der Waals surface area contributed by atoms with Crippen molar-refractivity contribution in [1.82, 2.24) is 15.1 Å². The molecular weight excluding hydrogens is 394 g/mol. The molecule has 8 heteroatoms. The SMILES string of the molecule is CC(=O)N1CCC(C(=O)N2C[C@@H](c3ccc(Cl)cc3)[C@](C)(CNC(=O)O)C2)CC1. The molecule has 3 rings (SSSR count). The molecule has 3 amide bonds. The second-order valence-corrected chi connectivity index (χ2v) is 8.85. The van der Waals surface area contributed by atoms with Gasteiger partial charge in [0.2, 0.25) is 11.8 Å². The van der Waals surface area contributed by atoms with Gasteiger partial charge in [0, 0.05) is 61.9 Å². The van der Waals surface area contributed by atoms with Crippen LogP contribution in [0.15, 0.2) is 24.3 Å². The zero-order valence-electron chi connectivity index (χ0n) is 16.9. The molecule has 0 aliphatic carbocycles. The number of carboxylic acid groups (broad SMARTS) is 1. The van der Waals surface area contributed by atoms with Crippen LogP contribution in [0.4, 0.5) is 4.79 Å². The number of amides is 3. The lowest BCUT2D eigenvalue weighted by Crippen LogP contribution is -2.44. The van der Waals surface area contributed by atoms with Crippen LogP contribution < -0.4 is 5.32 Å². The van der Waals surface area contributed by atoms with Crippen LogP contribution in [0.3, 0.4) is 0 Å². The van der Waals surface area contributed by atoms with Gasteiger partial charge >= 0.3 is 6.09 Å². The number of hydrogen-bond donors (Lipinski definition) is 2. The molecule has 2 N–H and O–H groups in total.